The Hall–Kier alpha value is -2.93. The van der Waals surface area contributed by atoms with Gasteiger partial charge in [0, 0.05) is 7.11 Å². The maximum Gasteiger partial charge on any atom is 0.334 e. The van der Waals surface area contributed by atoms with E-state index in [0.29, 0.717) is 0 Å². The number of fused-ring (bicyclic) bond motifs is 1. The quantitative estimate of drug-likeness (QED) is 0.654. The molecule has 0 aliphatic heterocycles. The highest BCUT2D eigenvalue weighted by molar-refractivity contribution is 5.91. The van der Waals surface area contributed by atoms with Gasteiger partial charge in [0.15, 0.2) is 6.10 Å². The van der Waals surface area contributed by atoms with Crippen molar-refractivity contribution in [1.29, 1.82) is 0 Å². The topological polar surface area (TPSA) is 105 Å². The summed E-state index contributed by atoms with van der Waals surface area (Å²) in [5, 5.41) is 15.8. The number of hydrogen-bond acceptors (Lipinski definition) is 4. The molecule has 132 valence electrons. The lowest BCUT2D eigenvalue weighted by molar-refractivity contribution is -0.148. The number of carboxylic acids is 1. The van der Waals surface area contributed by atoms with E-state index in [9.17, 15) is 14.4 Å². The van der Waals surface area contributed by atoms with Gasteiger partial charge in [-0.3, -0.25) is 9.59 Å². The van der Waals surface area contributed by atoms with Gasteiger partial charge in [0.1, 0.15) is 0 Å². The fourth-order valence-corrected chi connectivity index (χ4v) is 2.40. The highest BCUT2D eigenvalue weighted by atomic mass is 16.5. The molecule has 2 amide bonds. The van der Waals surface area contributed by atoms with Gasteiger partial charge in [0.05, 0.1) is 19.5 Å². The van der Waals surface area contributed by atoms with E-state index >= 15 is 0 Å². The van der Waals surface area contributed by atoms with Crippen LogP contribution in [0.3, 0.4) is 0 Å². The van der Waals surface area contributed by atoms with Gasteiger partial charge in [0.2, 0.25) is 11.8 Å². The van der Waals surface area contributed by atoms with Crippen molar-refractivity contribution in [3.05, 3.63) is 48.0 Å². The second-order valence-electron chi connectivity index (χ2n) is 5.46. The second kappa shape index (κ2) is 8.79. The number of hydrogen-bond donors (Lipinski definition) is 3. The molecule has 3 N–H and O–H groups in total. The van der Waals surface area contributed by atoms with Crippen LogP contribution < -0.4 is 10.6 Å². The van der Waals surface area contributed by atoms with Crippen LogP contribution in [0.4, 0.5) is 0 Å². The van der Waals surface area contributed by atoms with Gasteiger partial charge in [-0.05, 0) is 16.3 Å². The fourth-order valence-electron chi connectivity index (χ4n) is 2.40. The number of amides is 2. The summed E-state index contributed by atoms with van der Waals surface area (Å²) >= 11 is 0. The molecule has 0 aromatic heterocycles. The highest BCUT2D eigenvalue weighted by Gasteiger charge is 2.17. The number of aliphatic carboxylic acids is 1. The van der Waals surface area contributed by atoms with Crippen LogP contribution >= 0.6 is 0 Å². The van der Waals surface area contributed by atoms with Crippen LogP contribution in [-0.2, 0) is 25.5 Å². The zero-order chi connectivity index (χ0) is 18.2. The molecule has 0 spiro atoms. The van der Waals surface area contributed by atoms with E-state index in [-0.39, 0.29) is 25.4 Å². The van der Waals surface area contributed by atoms with Gasteiger partial charge >= 0.3 is 5.97 Å². The third-order valence-corrected chi connectivity index (χ3v) is 3.72. The van der Waals surface area contributed by atoms with Crippen molar-refractivity contribution < 1.29 is 24.2 Å². The average molecular weight is 344 g/mol. The normalized spacial score (nSPS) is 11.7. The standard InChI is InChI=1S/C18H20N2O5/c1-25-15(18(23)24)10-19-17(22)11-20-16(21)9-13-7-4-6-12-5-2-3-8-14(12)13/h2-8,15H,9-11H2,1H3,(H,19,22)(H,20,21)(H,23,24). The second-order valence-corrected chi connectivity index (χ2v) is 5.46. The maximum absolute atomic E-state index is 12.1. The van der Waals surface area contributed by atoms with Crippen molar-refractivity contribution in [2.45, 2.75) is 12.5 Å². The van der Waals surface area contributed by atoms with Crippen LogP contribution in [0.25, 0.3) is 10.8 Å². The molecule has 2 rings (SSSR count). The van der Waals surface area contributed by atoms with Crippen LogP contribution in [0.1, 0.15) is 5.56 Å². The number of carbonyl (C=O) groups is 3. The Morgan fingerprint density at radius 3 is 2.48 bits per heavy atom. The van der Waals surface area contributed by atoms with E-state index < -0.39 is 18.0 Å². The minimum absolute atomic E-state index is 0.157. The summed E-state index contributed by atoms with van der Waals surface area (Å²) in [7, 11) is 1.25. The molecular formula is C18H20N2O5. The average Bonchev–Trinajstić information content (AvgIpc) is 2.60. The molecule has 7 nitrogen and oxygen atoms in total. The first-order chi connectivity index (χ1) is 12.0. The van der Waals surface area contributed by atoms with Crippen molar-refractivity contribution in [3.8, 4) is 0 Å². The third kappa shape index (κ3) is 5.29. The molecule has 0 bridgehead atoms. The number of benzene rings is 2. The molecule has 0 heterocycles. The molecule has 0 radical (unpaired) electrons. The van der Waals surface area contributed by atoms with Gasteiger partial charge in [0.25, 0.3) is 0 Å². The lowest BCUT2D eigenvalue weighted by Gasteiger charge is -2.12. The Labute approximate surface area is 145 Å². The molecule has 0 fully saturated rings. The number of carbonyl (C=O) groups excluding carboxylic acids is 2. The zero-order valence-corrected chi connectivity index (χ0v) is 13.8. The first-order valence-corrected chi connectivity index (χ1v) is 7.77. The van der Waals surface area contributed by atoms with E-state index in [1.165, 1.54) is 7.11 Å². The summed E-state index contributed by atoms with van der Waals surface area (Å²) in [5.74, 6) is -1.93. The predicted octanol–water partition coefficient (Wildman–Crippen LogP) is 0.714. The molecule has 25 heavy (non-hydrogen) atoms. The molecule has 0 aliphatic rings. The molecule has 2 aromatic rings. The number of methoxy groups -OCH3 is 1. The molecule has 0 saturated heterocycles. The van der Waals surface area contributed by atoms with Crippen LogP contribution in [0.5, 0.6) is 0 Å². The van der Waals surface area contributed by atoms with Crippen LogP contribution in [-0.4, -0.2) is 49.2 Å². The van der Waals surface area contributed by atoms with Gasteiger partial charge in [-0.15, -0.1) is 0 Å². The molecule has 1 unspecified atom stereocenters. The zero-order valence-electron chi connectivity index (χ0n) is 13.8. The van der Waals surface area contributed by atoms with E-state index in [2.05, 4.69) is 10.6 Å². The first-order valence-electron chi connectivity index (χ1n) is 7.77. The summed E-state index contributed by atoms with van der Waals surface area (Å²) in [6.45, 7) is -0.385. The Morgan fingerprint density at radius 2 is 1.76 bits per heavy atom. The molecule has 0 aliphatic carbocycles. The van der Waals surface area contributed by atoms with Crippen molar-refractivity contribution in [2.75, 3.05) is 20.2 Å². The maximum atomic E-state index is 12.1. The van der Waals surface area contributed by atoms with Gasteiger partial charge in [-0.1, -0.05) is 42.5 Å². The summed E-state index contributed by atoms with van der Waals surface area (Å²) in [6, 6.07) is 13.5. The van der Waals surface area contributed by atoms with Crippen molar-refractivity contribution in [2.24, 2.45) is 0 Å². The Balaban J connectivity index is 1.84. The first kappa shape index (κ1) is 18.4. The predicted molar refractivity (Wildman–Crippen MR) is 92.1 cm³/mol. The fraction of sp³-hybridized carbons (Fsp3) is 0.278. The Morgan fingerprint density at radius 1 is 1.04 bits per heavy atom. The summed E-state index contributed by atoms with van der Waals surface area (Å²) in [6.07, 6.45) is -0.958. The monoisotopic (exact) mass is 344 g/mol. The van der Waals surface area contributed by atoms with E-state index in [4.69, 9.17) is 9.84 Å². The highest BCUT2D eigenvalue weighted by Crippen LogP contribution is 2.18. The Kier molecular flexibility index (Phi) is 6.47. The molecule has 0 saturated carbocycles. The third-order valence-electron chi connectivity index (χ3n) is 3.72. The van der Waals surface area contributed by atoms with Gasteiger partial charge < -0.3 is 20.5 Å². The number of ether oxygens (including phenoxy) is 1. The van der Waals surface area contributed by atoms with Crippen molar-refractivity contribution in [3.63, 3.8) is 0 Å². The lowest BCUT2D eigenvalue weighted by Crippen LogP contribution is -2.42. The van der Waals surface area contributed by atoms with Crippen LogP contribution in [0.15, 0.2) is 42.5 Å². The van der Waals surface area contributed by atoms with Crippen molar-refractivity contribution >= 4 is 28.6 Å². The molecule has 2 aromatic carbocycles. The molecule has 1 atom stereocenters. The van der Waals surface area contributed by atoms with E-state index in [1.54, 1.807) is 0 Å². The number of rotatable bonds is 8. The van der Waals surface area contributed by atoms with Gasteiger partial charge in [-0.25, -0.2) is 4.79 Å². The van der Waals surface area contributed by atoms with Crippen LogP contribution in [0, 0.1) is 0 Å². The van der Waals surface area contributed by atoms with Crippen molar-refractivity contribution in [1.82, 2.24) is 10.6 Å². The minimum Gasteiger partial charge on any atom is -0.479 e. The van der Waals surface area contributed by atoms with E-state index in [1.807, 2.05) is 42.5 Å². The van der Waals surface area contributed by atoms with E-state index in [0.717, 1.165) is 16.3 Å². The largest absolute Gasteiger partial charge is 0.479 e. The van der Waals surface area contributed by atoms with Crippen LogP contribution in [0.2, 0.25) is 0 Å². The van der Waals surface area contributed by atoms with Gasteiger partial charge in [-0.2, -0.15) is 0 Å². The lowest BCUT2D eigenvalue weighted by atomic mass is 10.0. The smallest absolute Gasteiger partial charge is 0.334 e. The summed E-state index contributed by atoms with van der Waals surface area (Å²) in [4.78, 5) is 34.5. The summed E-state index contributed by atoms with van der Waals surface area (Å²) in [5.41, 5.74) is 0.876. The molecule has 7 heteroatoms. The Bertz CT molecular complexity index is 770. The number of carboxylic acid groups (broad SMARTS) is 1. The minimum atomic E-state index is -1.16. The summed E-state index contributed by atoms with van der Waals surface area (Å²) < 4.78 is 4.71. The SMILES string of the molecule is COC(CNC(=O)CNC(=O)Cc1cccc2ccccc12)C(=O)O. The molecular weight excluding hydrogens is 324 g/mol. The number of nitrogens with one attached hydrogen (secondary N) is 2.